The molecule has 0 saturated carbocycles. The SMILES string of the molecule is CCCCc1c(CN)nnn1-c1ccc2c(c1)OCO2. The molecule has 6 nitrogen and oxygen atoms in total. The van der Waals surface area contributed by atoms with E-state index in [-0.39, 0.29) is 6.79 Å². The summed E-state index contributed by atoms with van der Waals surface area (Å²) < 4.78 is 12.6. The zero-order valence-corrected chi connectivity index (χ0v) is 11.5. The average Bonchev–Trinajstić information content (AvgIpc) is 3.10. The van der Waals surface area contributed by atoms with Crippen molar-refractivity contribution in [3.63, 3.8) is 0 Å². The first kappa shape index (κ1) is 12.9. The van der Waals surface area contributed by atoms with E-state index in [1.165, 1.54) is 0 Å². The van der Waals surface area contributed by atoms with Crippen molar-refractivity contribution >= 4 is 0 Å². The lowest BCUT2D eigenvalue weighted by atomic mass is 10.1. The van der Waals surface area contributed by atoms with E-state index in [1.54, 1.807) is 0 Å². The van der Waals surface area contributed by atoms with Crippen LogP contribution in [-0.4, -0.2) is 21.8 Å². The highest BCUT2D eigenvalue weighted by Gasteiger charge is 2.17. The van der Waals surface area contributed by atoms with Crippen LogP contribution < -0.4 is 15.2 Å². The fraction of sp³-hybridized carbons (Fsp3) is 0.429. The van der Waals surface area contributed by atoms with Crippen LogP contribution in [0.2, 0.25) is 0 Å². The quantitative estimate of drug-likeness (QED) is 0.899. The molecule has 1 aliphatic rings. The number of fused-ring (bicyclic) bond motifs is 1. The van der Waals surface area contributed by atoms with Gasteiger partial charge in [0.25, 0.3) is 0 Å². The molecule has 1 aromatic carbocycles. The second-order valence-electron chi connectivity index (χ2n) is 4.74. The van der Waals surface area contributed by atoms with Gasteiger partial charge in [0.05, 0.1) is 17.1 Å². The predicted molar refractivity (Wildman–Crippen MR) is 74.0 cm³/mol. The Morgan fingerprint density at radius 2 is 2.15 bits per heavy atom. The summed E-state index contributed by atoms with van der Waals surface area (Å²) in [6.45, 7) is 2.84. The third-order valence-corrected chi connectivity index (χ3v) is 3.40. The molecule has 6 heteroatoms. The second kappa shape index (κ2) is 5.50. The Kier molecular flexibility index (Phi) is 3.56. The van der Waals surface area contributed by atoms with Crippen LogP contribution in [0.3, 0.4) is 0 Å². The molecule has 2 N–H and O–H groups in total. The molecule has 0 spiro atoms. The molecule has 0 atom stereocenters. The minimum atomic E-state index is 0.271. The van der Waals surface area contributed by atoms with Gasteiger partial charge in [-0.15, -0.1) is 5.10 Å². The number of hydrogen-bond acceptors (Lipinski definition) is 5. The lowest BCUT2D eigenvalue weighted by Gasteiger charge is -2.08. The third kappa shape index (κ3) is 2.22. The molecule has 3 rings (SSSR count). The van der Waals surface area contributed by atoms with Gasteiger partial charge in [-0.05, 0) is 25.0 Å². The second-order valence-corrected chi connectivity index (χ2v) is 4.74. The van der Waals surface area contributed by atoms with Crippen molar-refractivity contribution in [1.82, 2.24) is 15.0 Å². The summed E-state index contributed by atoms with van der Waals surface area (Å²) in [5.41, 5.74) is 8.60. The topological polar surface area (TPSA) is 75.2 Å². The van der Waals surface area contributed by atoms with Crippen LogP contribution >= 0.6 is 0 Å². The molecule has 1 aliphatic heterocycles. The first-order valence-corrected chi connectivity index (χ1v) is 6.87. The zero-order valence-electron chi connectivity index (χ0n) is 11.5. The highest BCUT2D eigenvalue weighted by molar-refractivity contribution is 5.50. The van der Waals surface area contributed by atoms with Crippen LogP contribution in [-0.2, 0) is 13.0 Å². The van der Waals surface area contributed by atoms with Gasteiger partial charge in [0, 0.05) is 12.6 Å². The Morgan fingerprint density at radius 3 is 2.95 bits per heavy atom. The van der Waals surface area contributed by atoms with Crippen LogP contribution in [0.15, 0.2) is 18.2 Å². The van der Waals surface area contributed by atoms with Gasteiger partial charge in [-0.3, -0.25) is 0 Å². The number of ether oxygens (including phenoxy) is 2. The smallest absolute Gasteiger partial charge is 0.231 e. The number of aromatic nitrogens is 3. The standard InChI is InChI=1S/C14H18N4O2/c1-2-3-4-12-11(8-15)16-17-18(12)10-5-6-13-14(7-10)20-9-19-13/h5-7H,2-4,8-9,15H2,1H3. The van der Waals surface area contributed by atoms with Crippen molar-refractivity contribution in [3.05, 3.63) is 29.6 Å². The first-order valence-electron chi connectivity index (χ1n) is 6.87. The van der Waals surface area contributed by atoms with E-state index in [9.17, 15) is 0 Å². The van der Waals surface area contributed by atoms with Crippen LogP contribution in [0.4, 0.5) is 0 Å². The molecular weight excluding hydrogens is 256 g/mol. The molecule has 0 radical (unpaired) electrons. The normalized spacial score (nSPS) is 12.9. The predicted octanol–water partition coefficient (Wildman–Crippen LogP) is 1.80. The number of benzene rings is 1. The maximum absolute atomic E-state index is 5.74. The lowest BCUT2D eigenvalue weighted by Crippen LogP contribution is -2.06. The van der Waals surface area contributed by atoms with Gasteiger partial charge in [0.15, 0.2) is 11.5 Å². The van der Waals surface area contributed by atoms with Gasteiger partial charge in [0.2, 0.25) is 6.79 Å². The molecule has 0 saturated heterocycles. The molecule has 0 unspecified atom stereocenters. The van der Waals surface area contributed by atoms with E-state index in [2.05, 4.69) is 17.2 Å². The van der Waals surface area contributed by atoms with Gasteiger partial charge in [-0.1, -0.05) is 18.6 Å². The highest BCUT2D eigenvalue weighted by Crippen LogP contribution is 2.33. The maximum Gasteiger partial charge on any atom is 0.231 e. The molecule has 0 fully saturated rings. The Bertz CT molecular complexity index is 609. The number of rotatable bonds is 5. The average molecular weight is 274 g/mol. The fourth-order valence-corrected chi connectivity index (χ4v) is 2.31. The van der Waals surface area contributed by atoms with Crippen molar-refractivity contribution in [2.24, 2.45) is 5.73 Å². The maximum atomic E-state index is 5.74. The van der Waals surface area contributed by atoms with E-state index in [0.29, 0.717) is 6.54 Å². The van der Waals surface area contributed by atoms with E-state index >= 15 is 0 Å². The summed E-state index contributed by atoms with van der Waals surface area (Å²) in [4.78, 5) is 0. The van der Waals surface area contributed by atoms with Gasteiger partial charge in [-0.2, -0.15) is 0 Å². The number of hydrogen-bond donors (Lipinski definition) is 1. The summed E-state index contributed by atoms with van der Waals surface area (Å²) in [7, 11) is 0. The highest BCUT2D eigenvalue weighted by atomic mass is 16.7. The van der Waals surface area contributed by atoms with Crippen LogP contribution in [0.1, 0.15) is 31.2 Å². The largest absolute Gasteiger partial charge is 0.454 e. The Balaban J connectivity index is 1.98. The summed E-state index contributed by atoms with van der Waals surface area (Å²) in [5.74, 6) is 1.51. The third-order valence-electron chi connectivity index (χ3n) is 3.40. The molecule has 0 aliphatic carbocycles. The van der Waals surface area contributed by atoms with E-state index in [1.807, 2.05) is 22.9 Å². The van der Waals surface area contributed by atoms with Gasteiger partial charge < -0.3 is 15.2 Å². The Hall–Kier alpha value is -2.08. The molecular formula is C14H18N4O2. The van der Waals surface area contributed by atoms with E-state index in [4.69, 9.17) is 15.2 Å². The first-order chi connectivity index (χ1) is 9.83. The van der Waals surface area contributed by atoms with Crippen LogP contribution in [0.5, 0.6) is 11.5 Å². The molecule has 106 valence electrons. The molecule has 1 aromatic heterocycles. The molecule has 0 bridgehead atoms. The molecule has 0 amide bonds. The summed E-state index contributed by atoms with van der Waals surface area (Å²) in [6.07, 6.45) is 3.13. The Morgan fingerprint density at radius 1 is 1.30 bits per heavy atom. The number of nitrogens with two attached hydrogens (primary N) is 1. The summed E-state index contributed by atoms with van der Waals surface area (Å²) in [6, 6.07) is 5.77. The number of nitrogens with zero attached hydrogens (tertiary/aromatic N) is 3. The van der Waals surface area contributed by atoms with Crippen molar-refractivity contribution in [2.45, 2.75) is 32.7 Å². The van der Waals surface area contributed by atoms with Crippen molar-refractivity contribution in [3.8, 4) is 17.2 Å². The Labute approximate surface area is 117 Å². The van der Waals surface area contributed by atoms with Gasteiger partial charge >= 0.3 is 0 Å². The minimum Gasteiger partial charge on any atom is -0.454 e. The lowest BCUT2D eigenvalue weighted by molar-refractivity contribution is 0.174. The van der Waals surface area contributed by atoms with Crippen LogP contribution in [0.25, 0.3) is 5.69 Å². The van der Waals surface area contributed by atoms with Crippen LogP contribution in [0, 0.1) is 0 Å². The molecule has 20 heavy (non-hydrogen) atoms. The van der Waals surface area contributed by atoms with Gasteiger partial charge in [0.1, 0.15) is 0 Å². The zero-order chi connectivity index (χ0) is 13.9. The number of unbranched alkanes of at least 4 members (excludes halogenated alkanes) is 1. The summed E-state index contributed by atoms with van der Waals surface area (Å²) >= 11 is 0. The van der Waals surface area contributed by atoms with Crippen molar-refractivity contribution in [1.29, 1.82) is 0 Å². The van der Waals surface area contributed by atoms with E-state index in [0.717, 1.165) is 47.8 Å². The van der Waals surface area contributed by atoms with Crippen molar-refractivity contribution < 1.29 is 9.47 Å². The minimum absolute atomic E-state index is 0.271. The van der Waals surface area contributed by atoms with E-state index < -0.39 is 0 Å². The fourth-order valence-electron chi connectivity index (χ4n) is 2.31. The summed E-state index contributed by atoms with van der Waals surface area (Å²) in [5, 5.41) is 8.40. The van der Waals surface area contributed by atoms with Gasteiger partial charge in [-0.25, -0.2) is 4.68 Å². The molecule has 2 aromatic rings. The van der Waals surface area contributed by atoms with Crippen molar-refractivity contribution in [2.75, 3.05) is 6.79 Å². The monoisotopic (exact) mass is 274 g/mol. The molecule has 2 heterocycles.